The van der Waals surface area contributed by atoms with Crippen molar-refractivity contribution < 1.29 is 4.79 Å². The summed E-state index contributed by atoms with van der Waals surface area (Å²) in [4.78, 5) is 34.4. The zero-order chi connectivity index (χ0) is 21.8. The summed E-state index contributed by atoms with van der Waals surface area (Å²) in [6.45, 7) is 0.696. The molecule has 1 aliphatic heterocycles. The molecule has 0 saturated heterocycles. The Morgan fingerprint density at radius 3 is 2.91 bits per heavy atom. The molecule has 9 nitrogen and oxygen atoms in total. The molecule has 160 valence electrons. The van der Waals surface area contributed by atoms with Crippen LogP contribution in [-0.2, 0) is 11.3 Å². The highest BCUT2D eigenvalue weighted by Crippen LogP contribution is 2.43. The molecule has 1 amide bonds. The van der Waals surface area contributed by atoms with Crippen molar-refractivity contribution in [1.82, 2.24) is 20.2 Å². The largest absolute Gasteiger partial charge is 0.367 e. The number of anilines is 4. The molecule has 1 fully saturated rings. The molecule has 1 saturated carbocycles. The van der Waals surface area contributed by atoms with Gasteiger partial charge in [-0.15, -0.1) is 0 Å². The summed E-state index contributed by atoms with van der Waals surface area (Å²) in [5.41, 5.74) is 5.91. The normalized spacial score (nSPS) is 14.7. The maximum atomic E-state index is 12.7. The summed E-state index contributed by atoms with van der Waals surface area (Å²) in [6.07, 6.45) is 5.21. The smallest absolute Gasteiger partial charge is 0.259 e. The first-order valence-corrected chi connectivity index (χ1v) is 10.6. The highest BCUT2D eigenvalue weighted by molar-refractivity contribution is 6.00. The van der Waals surface area contributed by atoms with E-state index in [1.54, 1.807) is 18.3 Å². The molecule has 9 heteroatoms. The van der Waals surface area contributed by atoms with Crippen molar-refractivity contribution in [2.75, 3.05) is 22.6 Å². The summed E-state index contributed by atoms with van der Waals surface area (Å²) in [7, 11) is 2.02. The minimum Gasteiger partial charge on any atom is -0.367 e. The van der Waals surface area contributed by atoms with Crippen LogP contribution < -0.4 is 21.1 Å². The maximum Gasteiger partial charge on any atom is 0.259 e. The predicted molar refractivity (Wildman–Crippen MR) is 123 cm³/mol. The molecule has 32 heavy (non-hydrogen) atoms. The number of nitrogens with zero attached hydrogens (tertiary/aromatic N) is 3. The van der Waals surface area contributed by atoms with Gasteiger partial charge in [0.05, 0.1) is 46.4 Å². The van der Waals surface area contributed by atoms with Gasteiger partial charge in [0.15, 0.2) is 0 Å². The van der Waals surface area contributed by atoms with E-state index in [1.807, 2.05) is 25.4 Å². The van der Waals surface area contributed by atoms with Crippen LogP contribution in [0.5, 0.6) is 0 Å². The van der Waals surface area contributed by atoms with E-state index in [9.17, 15) is 9.59 Å². The average molecular weight is 427 g/mol. The van der Waals surface area contributed by atoms with Gasteiger partial charge in [-0.3, -0.25) is 14.7 Å². The van der Waals surface area contributed by atoms with Gasteiger partial charge in [-0.1, -0.05) is 12.1 Å². The standard InChI is InChI=1S/C23H21N7O2/c1-30-11-18-14(10-25-29-18)13-3-2-4-16(21(13)30)26-17-9-19(28-22(31)12-5-6-12)27-15-7-8-24-23(32)20(15)17/h2-4,7-10,12H,5-6,11H2,1H3,(H,24,32)(H,25,29)(H2,26,27,28,31). The van der Waals surface area contributed by atoms with Crippen molar-refractivity contribution in [3.63, 3.8) is 0 Å². The van der Waals surface area contributed by atoms with Crippen molar-refractivity contribution >= 4 is 39.7 Å². The zero-order valence-corrected chi connectivity index (χ0v) is 17.4. The van der Waals surface area contributed by atoms with Crippen molar-refractivity contribution in [3.05, 3.63) is 58.8 Å². The first-order valence-electron chi connectivity index (χ1n) is 10.6. The molecule has 0 radical (unpaired) electrons. The molecule has 2 aliphatic rings. The summed E-state index contributed by atoms with van der Waals surface area (Å²) < 4.78 is 0. The number of hydrogen-bond acceptors (Lipinski definition) is 6. The number of carbonyl (C=O) groups excluding carboxylic acids is 1. The van der Waals surface area contributed by atoms with E-state index in [2.05, 4.69) is 41.8 Å². The first kappa shape index (κ1) is 18.6. The molecule has 4 N–H and O–H groups in total. The fourth-order valence-corrected chi connectivity index (χ4v) is 4.33. The average Bonchev–Trinajstić information content (AvgIpc) is 3.52. The number of H-pyrrole nitrogens is 2. The van der Waals surface area contributed by atoms with Gasteiger partial charge in [0.25, 0.3) is 5.56 Å². The Kier molecular flexibility index (Phi) is 4.04. The third-order valence-corrected chi connectivity index (χ3v) is 6.02. The van der Waals surface area contributed by atoms with E-state index in [0.29, 0.717) is 29.0 Å². The number of fused-ring (bicyclic) bond motifs is 4. The third-order valence-electron chi connectivity index (χ3n) is 6.02. The number of pyridine rings is 2. The molecular formula is C23H21N7O2. The van der Waals surface area contributed by atoms with Crippen LogP contribution in [0.4, 0.5) is 22.9 Å². The Morgan fingerprint density at radius 1 is 1.19 bits per heavy atom. The number of carbonyl (C=O) groups is 1. The molecule has 4 heterocycles. The van der Waals surface area contributed by atoms with Gasteiger partial charge in [0.1, 0.15) is 5.82 Å². The maximum absolute atomic E-state index is 12.7. The SMILES string of the molecule is CN1Cc2[nH]ncc2-c2cccc(Nc3cc(NC(=O)C4CC4)nc4cc[nH]c(=O)c34)c21. The molecule has 6 rings (SSSR count). The fraction of sp³-hybridized carbons (Fsp3) is 0.217. The molecule has 0 spiro atoms. The number of nitrogens with one attached hydrogen (secondary N) is 4. The Morgan fingerprint density at radius 2 is 2.06 bits per heavy atom. The number of rotatable bonds is 4. The van der Waals surface area contributed by atoms with E-state index >= 15 is 0 Å². The number of benzene rings is 1. The van der Waals surface area contributed by atoms with Crippen LogP contribution in [0.2, 0.25) is 0 Å². The summed E-state index contributed by atoms with van der Waals surface area (Å²) in [5.74, 6) is 0.455. The van der Waals surface area contributed by atoms with Crippen molar-refractivity contribution in [2.45, 2.75) is 19.4 Å². The second-order valence-corrected chi connectivity index (χ2v) is 8.33. The second kappa shape index (κ2) is 6.94. The third kappa shape index (κ3) is 3.01. The predicted octanol–water partition coefficient (Wildman–Crippen LogP) is 3.36. The number of hydrogen-bond donors (Lipinski definition) is 4. The molecule has 0 atom stereocenters. The Bertz CT molecular complexity index is 1430. The van der Waals surface area contributed by atoms with Gasteiger partial charge in [-0.25, -0.2) is 4.98 Å². The molecule has 0 bridgehead atoms. The lowest BCUT2D eigenvalue weighted by molar-refractivity contribution is -0.117. The fourth-order valence-electron chi connectivity index (χ4n) is 4.33. The van der Waals surface area contributed by atoms with E-state index in [-0.39, 0.29) is 17.4 Å². The molecule has 3 aromatic heterocycles. The van der Waals surface area contributed by atoms with Crippen LogP contribution in [0.15, 0.2) is 47.5 Å². The van der Waals surface area contributed by atoms with Crippen molar-refractivity contribution in [2.24, 2.45) is 5.92 Å². The van der Waals surface area contributed by atoms with Gasteiger partial charge in [0, 0.05) is 36.4 Å². The Hall–Kier alpha value is -4.14. The minimum absolute atomic E-state index is 0.0306. The van der Waals surface area contributed by atoms with Gasteiger partial charge >= 0.3 is 0 Å². The highest BCUT2D eigenvalue weighted by atomic mass is 16.2. The lowest BCUT2D eigenvalue weighted by Gasteiger charge is -2.30. The first-order chi connectivity index (χ1) is 15.6. The van der Waals surface area contributed by atoms with E-state index in [4.69, 9.17) is 0 Å². The second-order valence-electron chi connectivity index (χ2n) is 8.33. The topological polar surface area (TPSA) is 119 Å². The van der Waals surface area contributed by atoms with Gasteiger partial charge < -0.3 is 20.5 Å². The lowest BCUT2D eigenvalue weighted by Crippen LogP contribution is -2.22. The number of aromatic nitrogens is 4. The van der Waals surface area contributed by atoms with E-state index in [1.165, 1.54) is 0 Å². The van der Waals surface area contributed by atoms with Crippen molar-refractivity contribution in [1.29, 1.82) is 0 Å². The molecule has 1 aromatic carbocycles. The van der Waals surface area contributed by atoms with Gasteiger partial charge in [-0.2, -0.15) is 5.10 Å². The summed E-state index contributed by atoms with van der Waals surface area (Å²) >= 11 is 0. The molecule has 4 aromatic rings. The highest BCUT2D eigenvalue weighted by Gasteiger charge is 2.30. The number of para-hydroxylation sites is 1. The van der Waals surface area contributed by atoms with Crippen LogP contribution in [0.25, 0.3) is 22.0 Å². The van der Waals surface area contributed by atoms with Gasteiger partial charge in [0.2, 0.25) is 5.91 Å². The van der Waals surface area contributed by atoms with Crippen LogP contribution in [0.3, 0.4) is 0 Å². The molecular weight excluding hydrogens is 406 g/mol. The summed E-state index contributed by atoms with van der Waals surface area (Å²) in [6, 6.07) is 9.47. The molecule has 0 unspecified atom stereocenters. The monoisotopic (exact) mass is 427 g/mol. The van der Waals surface area contributed by atoms with Crippen LogP contribution in [0.1, 0.15) is 18.5 Å². The summed E-state index contributed by atoms with van der Waals surface area (Å²) in [5, 5.41) is 14.0. The van der Waals surface area contributed by atoms with Gasteiger partial charge in [-0.05, 0) is 25.0 Å². The lowest BCUT2D eigenvalue weighted by atomic mass is 9.98. The Labute approximate surface area is 182 Å². The van der Waals surface area contributed by atoms with E-state index in [0.717, 1.165) is 41.0 Å². The molecule has 1 aliphatic carbocycles. The zero-order valence-electron chi connectivity index (χ0n) is 17.4. The van der Waals surface area contributed by atoms with Crippen LogP contribution in [-0.4, -0.2) is 33.1 Å². The van der Waals surface area contributed by atoms with Crippen LogP contribution >= 0.6 is 0 Å². The number of amides is 1. The Balaban J connectivity index is 1.47. The minimum atomic E-state index is -0.243. The van der Waals surface area contributed by atoms with E-state index < -0.39 is 0 Å². The van der Waals surface area contributed by atoms with Crippen LogP contribution in [0, 0.1) is 5.92 Å². The number of aromatic amines is 2. The van der Waals surface area contributed by atoms with Crippen molar-refractivity contribution in [3.8, 4) is 11.1 Å². The quantitative estimate of drug-likeness (QED) is 0.397.